The van der Waals surface area contributed by atoms with Gasteiger partial charge >= 0.3 is 5.76 Å². The molecule has 0 N–H and O–H groups in total. The first kappa shape index (κ1) is 18.5. The van der Waals surface area contributed by atoms with E-state index < -0.39 is 5.76 Å². The second-order valence-corrected chi connectivity index (χ2v) is 7.32. The highest BCUT2D eigenvalue weighted by molar-refractivity contribution is 5.77. The molecule has 0 spiro atoms. The third-order valence-electron chi connectivity index (χ3n) is 5.50. The van der Waals surface area contributed by atoms with Crippen LogP contribution in [0.1, 0.15) is 17.5 Å². The summed E-state index contributed by atoms with van der Waals surface area (Å²) in [5.41, 5.74) is 3.94. The number of aromatic nitrogens is 1. The number of carbonyl (C=O) groups is 1. The van der Waals surface area contributed by atoms with Gasteiger partial charge in [0.15, 0.2) is 5.58 Å². The Kier molecular flexibility index (Phi) is 5.30. The summed E-state index contributed by atoms with van der Waals surface area (Å²) in [5, 5.41) is 0. The normalized spacial score (nSPS) is 15.2. The highest BCUT2D eigenvalue weighted by Crippen LogP contribution is 2.14. The largest absolute Gasteiger partial charge is 0.419 e. The van der Waals surface area contributed by atoms with E-state index in [1.807, 2.05) is 23.1 Å². The average Bonchev–Trinajstić information content (AvgIpc) is 3.03. The maximum Gasteiger partial charge on any atom is 0.419 e. The van der Waals surface area contributed by atoms with Crippen molar-refractivity contribution < 1.29 is 9.21 Å². The van der Waals surface area contributed by atoms with E-state index in [2.05, 4.69) is 36.1 Å². The number of fused-ring (bicyclic) bond motifs is 1. The van der Waals surface area contributed by atoms with Crippen molar-refractivity contribution in [1.29, 1.82) is 0 Å². The molecule has 2 heterocycles. The van der Waals surface area contributed by atoms with Crippen molar-refractivity contribution >= 4 is 17.0 Å². The lowest BCUT2D eigenvalue weighted by molar-refractivity contribution is -0.133. The van der Waals surface area contributed by atoms with E-state index in [1.54, 1.807) is 10.6 Å². The van der Waals surface area contributed by atoms with E-state index >= 15 is 0 Å². The van der Waals surface area contributed by atoms with Crippen LogP contribution in [-0.4, -0.2) is 46.5 Å². The number of hydrogen-bond donors (Lipinski definition) is 0. The Morgan fingerprint density at radius 1 is 1.00 bits per heavy atom. The number of piperazine rings is 1. The van der Waals surface area contributed by atoms with Crippen molar-refractivity contribution in [2.24, 2.45) is 0 Å². The van der Waals surface area contributed by atoms with E-state index in [-0.39, 0.29) is 5.91 Å². The molecule has 3 aromatic rings. The first-order valence-electron chi connectivity index (χ1n) is 9.75. The summed E-state index contributed by atoms with van der Waals surface area (Å²) in [6, 6.07) is 15.7. The van der Waals surface area contributed by atoms with Crippen LogP contribution in [0.4, 0.5) is 0 Å². The fourth-order valence-corrected chi connectivity index (χ4v) is 3.78. The van der Waals surface area contributed by atoms with E-state index in [9.17, 15) is 9.59 Å². The zero-order valence-electron chi connectivity index (χ0n) is 16.1. The van der Waals surface area contributed by atoms with Gasteiger partial charge in [-0.25, -0.2) is 4.79 Å². The molecule has 2 aromatic carbocycles. The van der Waals surface area contributed by atoms with Gasteiger partial charge in [0.1, 0.15) is 0 Å². The van der Waals surface area contributed by atoms with Crippen LogP contribution in [0.5, 0.6) is 0 Å². The Labute approximate surface area is 164 Å². The van der Waals surface area contributed by atoms with Crippen molar-refractivity contribution in [2.45, 2.75) is 26.4 Å². The Morgan fingerprint density at radius 2 is 1.71 bits per heavy atom. The molecule has 1 aromatic heterocycles. The van der Waals surface area contributed by atoms with Gasteiger partial charge in [-0.3, -0.25) is 14.3 Å². The molecule has 1 amide bonds. The van der Waals surface area contributed by atoms with Crippen LogP contribution in [0.2, 0.25) is 0 Å². The lowest BCUT2D eigenvalue weighted by atomic mass is 10.1. The Balaban J connectivity index is 1.31. The molecule has 0 bridgehead atoms. The maximum atomic E-state index is 12.6. The number of oxazole rings is 1. The molecule has 0 unspecified atom stereocenters. The lowest BCUT2D eigenvalue weighted by Gasteiger charge is -2.35. The van der Waals surface area contributed by atoms with Crippen LogP contribution in [-0.2, 0) is 17.9 Å². The SMILES string of the molecule is Cc1ccccc1CN1CCN(C(=O)CCn2c(=O)oc3ccccc32)CC1. The number of hydrogen-bond acceptors (Lipinski definition) is 4. The summed E-state index contributed by atoms with van der Waals surface area (Å²) >= 11 is 0. The summed E-state index contributed by atoms with van der Waals surface area (Å²) in [6.07, 6.45) is 0.307. The van der Waals surface area contributed by atoms with Gasteiger partial charge in [-0.1, -0.05) is 36.4 Å². The lowest BCUT2D eigenvalue weighted by Crippen LogP contribution is -2.48. The van der Waals surface area contributed by atoms with E-state index in [1.165, 1.54) is 11.1 Å². The van der Waals surface area contributed by atoms with Gasteiger partial charge in [-0.15, -0.1) is 0 Å². The van der Waals surface area contributed by atoms with Crippen molar-refractivity contribution in [3.63, 3.8) is 0 Å². The second-order valence-electron chi connectivity index (χ2n) is 7.32. The molecular weight excluding hydrogens is 354 g/mol. The molecule has 0 atom stereocenters. The molecule has 1 fully saturated rings. The number of benzene rings is 2. The highest BCUT2D eigenvalue weighted by atomic mass is 16.4. The van der Waals surface area contributed by atoms with Gasteiger partial charge in [0.05, 0.1) is 5.52 Å². The van der Waals surface area contributed by atoms with Gasteiger partial charge in [0.2, 0.25) is 5.91 Å². The van der Waals surface area contributed by atoms with Crippen molar-refractivity contribution in [1.82, 2.24) is 14.4 Å². The second kappa shape index (κ2) is 8.02. The number of nitrogens with zero attached hydrogens (tertiary/aromatic N) is 3. The third-order valence-corrected chi connectivity index (χ3v) is 5.50. The number of rotatable bonds is 5. The van der Waals surface area contributed by atoms with Crippen molar-refractivity contribution in [3.8, 4) is 0 Å². The number of para-hydroxylation sites is 2. The molecule has 1 aliphatic heterocycles. The van der Waals surface area contributed by atoms with Crippen molar-refractivity contribution in [2.75, 3.05) is 26.2 Å². The summed E-state index contributed by atoms with van der Waals surface area (Å²) < 4.78 is 6.78. The first-order valence-corrected chi connectivity index (χ1v) is 9.75. The molecule has 146 valence electrons. The molecular formula is C22H25N3O3. The van der Waals surface area contributed by atoms with E-state index in [0.29, 0.717) is 18.5 Å². The summed E-state index contributed by atoms with van der Waals surface area (Å²) in [7, 11) is 0. The molecule has 1 saturated heterocycles. The van der Waals surface area contributed by atoms with E-state index in [0.717, 1.165) is 38.2 Å². The van der Waals surface area contributed by atoms with Gasteiger partial charge < -0.3 is 9.32 Å². The summed E-state index contributed by atoms with van der Waals surface area (Å²) in [5.74, 6) is -0.315. The molecule has 6 nitrogen and oxygen atoms in total. The standard InChI is InChI=1S/C22H25N3O3/c1-17-6-2-3-7-18(17)16-23-12-14-24(15-13-23)21(26)10-11-25-19-8-4-5-9-20(19)28-22(25)27/h2-9H,10-16H2,1H3. The quantitative estimate of drug-likeness (QED) is 0.684. The van der Waals surface area contributed by atoms with Gasteiger partial charge in [0, 0.05) is 45.7 Å². The monoisotopic (exact) mass is 379 g/mol. The highest BCUT2D eigenvalue weighted by Gasteiger charge is 2.21. The minimum atomic E-state index is -0.406. The zero-order chi connectivity index (χ0) is 19.5. The smallest absolute Gasteiger partial charge is 0.408 e. The Bertz CT molecular complexity index is 1030. The first-order chi connectivity index (χ1) is 13.6. The molecule has 0 aliphatic carbocycles. The summed E-state index contributed by atoms with van der Waals surface area (Å²) in [4.78, 5) is 29.0. The average molecular weight is 379 g/mol. The minimum Gasteiger partial charge on any atom is -0.408 e. The van der Waals surface area contributed by atoms with Crippen molar-refractivity contribution in [3.05, 3.63) is 70.2 Å². The van der Waals surface area contributed by atoms with Gasteiger partial charge in [-0.2, -0.15) is 0 Å². The number of carbonyl (C=O) groups excluding carboxylic acids is 1. The Morgan fingerprint density at radius 3 is 2.50 bits per heavy atom. The molecule has 1 aliphatic rings. The van der Waals surface area contributed by atoms with Crippen LogP contribution in [0.15, 0.2) is 57.7 Å². The predicted molar refractivity (Wildman–Crippen MR) is 108 cm³/mol. The molecule has 6 heteroatoms. The Hall–Kier alpha value is -2.86. The van der Waals surface area contributed by atoms with Crippen LogP contribution in [0.3, 0.4) is 0 Å². The third kappa shape index (κ3) is 3.87. The van der Waals surface area contributed by atoms with Crippen LogP contribution in [0, 0.1) is 6.92 Å². The zero-order valence-corrected chi connectivity index (χ0v) is 16.1. The molecule has 0 radical (unpaired) electrons. The fraction of sp³-hybridized carbons (Fsp3) is 0.364. The number of amides is 1. The van der Waals surface area contributed by atoms with Crippen LogP contribution in [0.25, 0.3) is 11.1 Å². The maximum absolute atomic E-state index is 12.6. The topological polar surface area (TPSA) is 58.7 Å². The summed E-state index contributed by atoms with van der Waals surface area (Å²) in [6.45, 7) is 6.60. The minimum absolute atomic E-state index is 0.0905. The van der Waals surface area contributed by atoms with Crippen LogP contribution < -0.4 is 5.76 Å². The fourth-order valence-electron chi connectivity index (χ4n) is 3.78. The predicted octanol–water partition coefficient (Wildman–Crippen LogP) is 2.64. The molecule has 0 saturated carbocycles. The number of aryl methyl sites for hydroxylation is 2. The molecule has 28 heavy (non-hydrogen) atoms. The van der Waals surface area contributed by atoms with Crippen LogP contribution >= 0.6 is 0 Å². The van der Waals surface area contributed by atoms with Gasteiger partial charge in [-0.05, 0) is 30.2 Å². The molecule has 4 rings (SSSR count). The van der Waals surface area contributed by atoms with Gasteiger partial charge in [0.25, 0.3) is 0 Å². The van der Waals surface area contributed by atoms with E-state index in [4.69, 9.17) is 4.42 Å².